The summed E-state index contributed by atoms with van der Waals surface area (Å²) in [5.41, 5.74) is -0.395. The first kappa shape index (κ1) is 29.2. The molecule has 1 fully saturated rings. The smallest absolute Gasteiger partial charge is 0.444 e. The zero-order valence-electron chi connectivity index (χ0n) is 23.1. The lowest BCUT2D eigenvalue weighted by Gasteiger charge is -2.32. The largest absolute Gasteiger partial charge is 0.481 e. The van der Waals surface area contributed by atoms with Gasteiger partial charge in [0.1, 0.15) is 11.6 Å². The van der Waals surface area contributed by atoms with Crippen molar-refractivity contribution in [2.75, 3.05) is 7.05 Å². The molecule has 0 radical (unpaired) electrons. The molecular weight excluding hydrogens is 443 g/mol. The van der Waals surface area contributed by atoms with Gasteiger partial charge in [0, 0.05) is 7.05 Å². The number of amides is 2. The average molecular weight is 488 g/mol. The number of likely N-dealkylation sites (N-methyl/N-ethyl adjacent to an activating group) is 1. The van der Waals surface area contributed by atoms with Crippen LogP contribution in [0.15, 0.2) is 30.3 Å². The number of rotatable bonds is 10. The van der Waals surface area contributed by atoms with Crippen molar-refractivity contribution in [2.45, 2.75) is 116 Å². The van der Waals surface area contributed by atoms with E-state index in [1.54, 1.807) is 7.05 Å². The molecule has 1 aromatic rings. The van der Waals surface area contributed by atoms with Crippen molar-refractivity contribution in [3.63, 3.8) is 0 Å². The number of benzene rings is 1. The Bertz CT molecular complexity index is 822. The van der Waals surface area contributed by atoms with E-state index >= 15 is 0 Å². The fourth-order valence-corrected chi connectivity index (χ4v) is 4.01. The molecule has 2 amide bonds. The first-order chi connectivity index (χ1) is 16.2. The van der Waals surface area contributed by atoms with Crippen LogP contribution in [-0.2, 0) is 25.3 Å². The Morgan fingerprint density at radius 1 is 1.06 bits per heavy atom. The molecule has 1 unspecified atom stereocenters. The van der Waals surface area contributed by atoms with E-state index in [4.69, 9.17) is 14.0 Å². The van der Waals surface area contributed by atoms with Gasteiger partial charge in [-0.1, -0.05) is 43.7 Å². The van der Waals surface area contributed by atoms with Crippen molar-refractivity contribution in [3.8, 4) is 0 Å². The van der Waals surface area contributed by atoms with Gasteiger partial charge in [0.15, 0.2) is 0 Å². The minimum Gasteiger partial charge on any atom is -0.444 e. The van der Waals surface area contributed by atoms with Crippen molar-refractivity contribution < 1.29 is 23.6 Å². The summed E-state index contributed by atoms with van der Waals surface area (Å²) in [5, 5.41) is 3.17. The van der Waals surface area contributed by atoms with E-state index in [-0.39, 0.29) is 11.8 Å². The van der Waals surface area contributed by atoms with Crippen LogP contribution in [0.5, 0.6) is 0 Å². The van der Waals surface area contributed by atoms with Gasteiger partial charge in [0.2, 0.25) is 5.91 Å². The number of aryl methyl sites for hydroxylation is 1. The molecule has 0 aromatic heterocycles. The van der Waals surface area contributed by atoms with Gasteiger partial charge >= 0.3 is 13.2 Å². The molecule has 0 saturated carbocycles. The maximum Gasteiger partial charge on any atom is 0.481 e. The van der Waals surface area contributed by atoms with Crippen LogP contribution in [0.3, 0.4) is 0 Å². The first-order valence-corrected chi connectivity index (χ1v) is 12.8. The summed E-state index contributed by atoms with van der Waals surface area (Å²) < 4.78 is 18.1. The quantitative estimate of drug-likeness (QED) is 0.461. The van der Waals surface area contributed by atoms with E-state index in [2.05, 4.69) is 17.4 Å². The number of carbonyl (C=O) groups excluding carboxylic acids is 2. The van der Waals surface area contributed by atoms with Crippen LogP contribution in [0, 0.1) is 0 Å². The van der Waals surface area contributed by atoms with Crippen molar-refractivity contribution in [1.29, 1.82) is 0 Å². The molecule has 1 aliphatic rings. The standard InChI is InChI=1S/C27H45BN2O5/c1-10-15-21(30(9)24(32)33-25(2,3)4)23(31)29-22(19-14-18-20-16-12-11-13-17-20)28-34-26(5,6)27(7,8)35-28/h11-13,16-17,21-22H,10,14-15,18-19H2,1-9H3,(H,29,31)/t21?,22-/m0/s1. The molecule has 8 heteroatoms. The van der Waals surface area contributed by atoms with Gasteiger partial charge in [0.05, 0.1) is 17.1 Å². The fourth-order valence-electron chi connectivity index (χ4n) is 4.01. The van der Waals surface area contributed by atoms with Gasteiger partial charge in [-0.25, -0.2) is 4.79 Å². The Labute approximate surface area is 212 Å². The average Bonchev–Trinajstić information content (AvgIpc) is 2.97. The zero-order chi connectivity index (χ0) is 26.4. The van der Waals surface area contributed by atoms with Gasteiger partial charge in [0.25, 0.3) is 0 Å². The van der Waals surface area contributed by atoms with E-state index < -0.39 is 36.1 Å². The van der Waals surface area contributed by atoms with E-state index in [0.29, 0.717) is 12.8 Å². The molecule has 1 aromatic carbocycles. The van der Waals surface area contributed by atoms with Gasteiger partial charge in [-0.05, 0) is 79.7 Å². The number of hydrogen-bond donors (Lipinski definition) is 1. The highest BCUT2D eigenvalue weighted by Crippen LogP contribution is 2.38. The lowest BCUT2D eigenvalue weighted by atomic mass is 9.75. The van der Waals surface area contributed by atoms with E-state index in [1.807, 2.05) is 73.6 Å². The van der Waals surface area contributed by atoms with Crippen LogP contribution in [-0.4, -0.2) is 59.9 Å². The third-order valence-electron chi connectivity index (χ3n) is 6.76. The minimum absolute atomic E-state index is 0.223. The number of hydrogen-bond acceptors (Lipinski definition) is 5. The molecule has 196 valence electrons. The van der Waals surface area contributed by atoms with Gasteiger partial charge in [-0.2, -0.15) is 0 Å². The monoisotopic (exact) mass is 488 g/mol. The molecule has 1 saturated heterocycles. The molecule has 0 spiro atoms. The molecule has 1 N–H and O–H groups in total. The molecule has 1 aliphatic heterocycles. The zero-order valence-corrected chi connectivity index (χ0v) is 23.1. The predicted molar refractivity (Wildman–Crippen MR) is 140 cm³/mol. The molecule has 7 nitrogen and oxygen atoms in total. The van der Waals surface area contributed by atoms with Crippen LogP contribution >= 0.6 is 0 Å². The first-order valence-electron chi connectivity index (χ1n) is 12.8. The van der Waals surface area contributed by atoms with E-state index in [9.17, 15) is 9.59 Å². The summed E-state index contributed by atoms with van der Waals surface area (Å²) in [5.74, 6) is -0.571. The van der Waals surface area contributed by atoms with Crippen molar-refractivity contribution >= 4 is 19.1 Å². The second-order valence-corrected chi connectivity index (χ2v) is 11.5. The van der Waals surface area contributed by atoms with Crippen molar-refractivity contribution in [1.82, 2.24) is 10.2 Å². The molecule has 0 aliphatic carbocycles. The maximum atomic E-state index is 13.5. The van der Waals surface area contributed by atoms with Crippen molar-refractivity contribution in [3.05, 3.63) is 35.9 Å². The molecule has 1 heterocycles. The van der Waals surface area contributed by atoms with E-state index in [0.717, 1.165) is 19.3 Å². The highest BCUT2D eigenvalue weighted by atomic mass is 16.7. The molecule has 2 atom stereocenters. The van der Waals surface area contributed by atoms with Gasteiger partial charge < -0.3 is 19.4 Å². The lowest BCUT2D eigenvalue weighted by molar-refractivity contribution is -0.126. The molecule has 0 bridgehead atoms. The minimum atomic E-state index is -0.645. The van der Waals surface area contributed by atoms with Crippen molar-refractivity contribution in [2.24, 2.45) is 0 Å². The summed E-state index contributed by atoms with van der Waals surface area (Å²) in [4.78, 5) is 27.6. The van der Waals surface area contributed by atoms with Crippen LogP contribution in [0.4, 0.5) is 4.79 Å². The normalized spacial score (nSPS) is 18.6. The van der Waals surface area contributed by atoms with Gasteiger partial charge in [-0.3, -0.25) is 9.69 Å². The SMILES string of the molecule is CCCC(C(=O)N[C@@H](CCCc1ccccc1)B1OC(C)(C)C(C)(C)O1)N(C)C(=O)OC(C)(C)C. The number of ether oxygens (including phenoxy) is 1. The Morgan fingerprint density at radius 2 is 1.63 bits per heavy atom. The van der Waals surface area contributed by atoms with E-state index in [1.165, 1.54) is 10.5 Å². The second-order valence-electron chi connectivity index (χ2n) is 11.5. The van der Waals surface area contributed by atoms with Crippen LogP contribution in [0.1, 0.15) is 86.6 Å². The summed E-state index contributed by atoms with van der Waals surface area (Å²) in [7, 11) is 1.04. The second kappa shape index (κ2) is 11.8. The van der Waals surface area contributed by atoms with Gasteiger partial charge in [-0.15, -0.1) is 0 Å². The number of carbonyl (C=O) groups is 2. The fraction of sp³-hybridized carbons (Fsp3) is 0.704. The van der Waals surface area contributed by atoms with Crippen LogP contribution < -0.4 is 5.32 Å². The highest BCUT2D eigenvalue weighted by Gasteiger charge is 2.54. The highest BCUT2D eigenvalue weighted by molar-refractivity contribution is 6.48. The Balaban J connectivity index is 2.17. The van der Waals surface area contributed by atoms with Crippen LogP contribution in [0.25, 0.3) is 0 Å². The molecular formula is C27H45BN2O5. The predicted octanol–water partition coefficient (Wildman–Crippen LogP) is 5.16. The summed E-state index contributed by atoms with van der Waals surface area (Å²) in [6, 6.07) is 9.64. The molecule has 35 heavy (non-hydrogen) atoms. The number of nitrogens with one attached hydrogen (secondary N) is 1. The Hall–Kier alpha value is -2.06. The summed E-state index contributed by atoms with van der Waals surface area (Å²) in [6.45, 7) is 15.5. The molecule has 2 rings (SSSR count). The summed E-state index contributed by atoms with van der Waals surface area (Å²) in [6.07, 6.45) is 3.21. The number of nitrogens with zero attached hydrogens (tertiary/aromatic N) is 1. The third kappa shape index (κ3) is 8.24. The Kier molecular flexibility index (Phi) is 9.83. The Morgan fingerprint density at radius 3 is 2.14 bits per heavy atom. The third-order valence-corrected chi connectivity index (χ3v) is 6.76. The lowest BCUT2D eigenvalue weighted by Crippen LogP contribution is -2.55. The van der Waals surface area contributed by atoms with Crippen LogP contribution in [0.2, 0.25) is 0 Å². The maximum absolute atomic E-state index is 13.5. The topological polar surface area (TPSA) is 77.1 Å². The summed E-state index contributed by atoms with van der Waals surface area (Å²) >= 11 is 0.